The van der Waals surface area contributed by atoms with Crippen LogP contribution in [0, 0.1) is 0 Å². The summed E-state index contributed by atoms with van der Waals surface area (Å²) in [5.74, 6) is 0. The Bertz CT molecular complexity index is 154. The minimum atomic E-state index is -0.898. The molecule has 14 heavy (non-hydrogen) atoms. The van der Waals surface area contributed by atoms with Crippen LogP contribution in [0.1, 0.15) is 12.8 Å². The van der Waals surface area contributed by atoms with Crippen LogP contribution < -0.4 is 5.32 Å². The summed E-state index contributed by atoms with van der Waals surface area (Å²) in [5, 5.41) is 12.1. The maximum atomic E-state index is 9.34. The van der Waals surface area contributed by atoms with Crippen molar-refractivity contribution in [2.45, 2.75) is 31.5 Å². The Kier molecular flexibility index (Phi) is 6.22. The van der Waals surface area contributed by atoms with E-state index in [4.69, 9.17) is 12.5 Å². The van der Waals surface area contributed by atoms with Crippen molar-refractivity contribution in [2.24, 2.45) is 0 Å². The first-order valence-corrected chi connectivity index (χ1v) is 5.47. The molecule has 0 aromatic carbocycles. The Morgan fingerprint density at radius 2 is 2.21 bits per heavy atom. The van der Waals surface area contributed by atoms with Gasteiger partial charge in [-0.15, -0.1) is 0 Å². The van der Waals surface area contributed by atoms with Gasteiger partial charge >= 0.3 is 0 Å². The first kappa shape index (κ1) is 12.6. The van der Waals surface area contributed by atoms with Crippen molar-refractivity contribution < 1.29 is 17.6 Å². The summed E-state index contributed by atoms with van der Waals surface area (Å²) in [4.78, 5) is 0. The monoisotopic (exact) mass is 317 g/mol. The van der Waals surface area contributed by atoms with E-state index in [1.165, 1.54) is 0 Å². The zero-order valence-electron chi connectivity index (χ0n) is 8.11. The topological polar surface area (TPSA) is 60.0 Å². The van der Waals surface area contributed by atoms with Gasteiger partial charge in [-0.3, -0.25) is 5.32 Å². The van der Waals surface area contributed by atoms with Crippen LogP contribution in [-0.2, 0) is 12.5 Å². The quantitative estimate of drug-likeness (QED) is 0.405. The minimum Gasteiger partial charge on any atom is -0.383 e. The highest BCUT2D eigenvalue weighted by Gasteiger charge is 2.31. The van der Waals surface area contributed by atoms with Crippen LogP contribution in [0.5, 0.6) is 0 Å². The summed E-state index contributed by atoms with van der Waals surface area (Å²) in [6.07, 6.45) is 1.20. The molecule has 1 saturated carbocycles. The molecule has 0 spiro atoms. The molecule has 5 nitrogen and oxygen atoms in total. The lowest BCUT2D eigenvalue weighted by Gasteiger charge is -2.34. The number of hydrogen-bond donors (Lipinski definition) is 2. The van der Waals surface area contributed by atoms with E-state index in [0.29, 0.717) is 13.2 Å². The van der Waals surface area contributed by atoms with Gasteiger partial charge in [-0.2, -0.15) is 0 Å². The van der Waals surface area contributed by atoms with E-state index in [2.05, 4.69) is 5.32 Å². The van der Waals surface area contributed by atoms with Crippen molar-refractivity contribution in [3.8, 4) is 0 Å². The Hall–Kier alpha value is 0.530. The van der Waals surface area contributed by atoms with Crippen molar-refractivity contribution in [3.63, 3.8) is 0 Å². The van der Waals surface area contributed by atoms with E-state index in [-0.39, 0.29) is 12.2 Å². The molecule has 0 amide bonds. The molecule has 0 heterocycles. The van der Waals surface area contributed by atoms with Crippen LogP contribution in [0.25, 0.3) is 0 Å². The molecule has 1 rings (SSSR count). The summed E-state index contributed by atoms with van der Waals surface area (Å²) in [7, 11) is 1.61. The van der Waals surface area contributed by atoms with Crippen LogP contribution in [0.4, 0.5) is 0 Å². The molecular formula is C8H16INO4. The fourth-order valence-electron chi connectivity index (χ4n) is 1.22. The van der Waals surface area contributed by atoms with Crippen LogP contribution in [0.15, 0.2) is 0 Å². The van der Waals surface area contributed by atoms with Crippen molar-refractivity contribution in [1.29, 1.82) is 0 Å². The molecule has 0 aliphatic heterocycles. The highest BCUT2D eigenvalue weighted by atomic mass is 127. The number of hydrogen-bond acceptors (Lipinski definition) is 5. The summed E-state index contributed by atoms with van der Waals surface area (Å²) in [5.41, 5.74) is 0. The zero-order chi connectivity index (χ0) is 10.4. The molecule has 2 N–H and O–H groups in total. The fraction of sp³-hybridized carbons (Fsp3) is 1.00. The molecule has 1 fully saturated rings. The highest BCUT2D eigenvalue weighted by molar-refractivity contribution is 14.1. The third-order valence-corrected chi connectivity index (χ3v) is 2.84. The number of nitrogens with one attached hydrogen (secondary N) is 1. The second-order valence-electron chi connectivity index (χ2n) is 3.24. The van der Waals surface area contributed by atoms with Gasteiger partial charge in [0.25, 0.3) is 0 Å². The molecular weight excluding hydrogens is 301 g/mol. The standard InChI is InChI=1S/C8H16INO4/c1-12-3-2-10-8(11)13-6-4-7(5-6)14-9/h6-8,10-11H,2-5H2,1H3. The van der Waals surface area contributed by atoms with Gasteiger partial charge in [-0.25, -0.2) is 0 Å². The largest absolute Gasteiger partial charge is 0.383 e. The molecule has 1 unspecified atom stereocenters. The van der Waals surface area contributed by atoms with E-state index >= 15 is 0 Å². The Morgan fingerprint density at radius 1 is 1.50 bits per heavy atom. The molecule has 0 saturated heterocycles. The number of methoxy groups -OCH3 is 1. The summed E-state index contributed by atoms with van der Waals surface area (Å²) >= 11 is 1.89. The first-order chi connectivity index (χ1) is 6.76. The van der Waals surface area contributed by atoms with E-state index in [9.17, 15) is 5.11 Å². The molecule has 84 valence electrons. The van der Waals surface area contributed by atoms with Gasteiger partial charge in [0.05, 0.1) is 18.8 Å². The van der Waals surface area contributed by atoms with Crippen molar-refractivity contribution >= 4 is 23.0 Å². The number of halogens is 1. The summed E-state index contributed by atoms with van der Waals surface area (Å²) in [6.45, 7) is 1.14. The molecule has 1 atom stereocenters. The van der Waals surface area contributed by atoms with E-state index < -0.39 is 6.41 Å². The minimum absolute atomic E-state index is 0.111. The molecule has 0 aromatic heterocycles. The Labute approximate surface area is 97.8 Å². The lowest BCUT2D eigenvalue weighted by Crippen LogP contribution is -2.43. The molecule has 1 aliphatic rings. The van der Waals surface area contributed by atoms with Gasteiger partial charge in [0.15, 0.2) is 0 Å². The Balaban J connectivity index is 1.96. The van der Waals surface area contributed by atoms with E-state index in [0.717, 1.165) is 12.8 Å². The molecule has 0 radical (unpaired) electrons. The van der Waals surface area contributed by atoms with E-state index in [1.54, 1.807) is 7.11 Å². The predicted molar refractivity (Wildman–Crippen MR) is 58.9 cm³/mol. The SMILES string of the molecule is COCCNC(O)OC1CC(OI)C1. The second-order valence-corrected chi connectivity index (χ2v) is 3.75. The van der Waals surface area contributed by atoms with Gasteiger partial charge in [0.2, 0.25) is 6.41 Å². The van der Waals surface area contributed by atoms with E-state index in [1.807, 2.05) is 23.0 Å². The van der Waals surface area contributed by atoms with Crippen molar-refractivity contribution in [2.75, 3.05) is 20.3 Å². The lowest BCUT2D eigenvalue weighted by atomic mass is 9.92. The first-order valence-electron chi connectivity index (χ1n) is 4.59. The van der Waals surface area contributed by atoms with Crippen LogP contribution in [0.3, 0.4) is 0 Å². The smallest absolute Gasteiger partial charge is 0.213 e. The molecule has 0 bridgehead atoms. The number of aliphatic hydroxyl groups excluding tert-OH is 1. The van der Waals surface area contributed by atoms with Crippen LogP contribution >= 0.6 is 23.0 Å². The Morgan fingerprint density at radius 3 is 2.79 bits per heavy atom. The van der Waals surface area contributed by atoms with Crippen LogP contribution in [0.2, 0.25) is 0 Å². The maximum Gasteiger partial charge on any atom is 0.213 e. The molecule has 6 heteroatoms. The average molecular weight is 317 g/mol. The number of aliphatic hydroxyl groups is 1. The predicted octanol–water partition coefficient (Wildman–Crippen LogP) is 0.412. The highest BCUT2D eigenvalue weighted by Crippen LogP contribution is 2.28. The van der Waals surface area contributed by atoms with Crippen molar-refractivity contribution in [3.05, 3.63) is 0 Å². The summed E-state index contributed by atoms with van der Waals surface area (Å²) in [6, 6.07) is 0. The fourth-order valence-corrected chi connectivity index (χ4v) is 1.63. The number of rotatable bonds is 7. The zero-order valence-corrected chi connectivity index (χ0v) is 10.3. The number of ether oxygens (including phenoxy) is 2. The van der Waals surface area contributed by atoms with Gasteiger partial charge in [-0.1, -0.05) is 0 Å². The lowest BCUT2D eigenvalue weighted by molar-refractivity contribution is -0.186. The third-order valence-electron chi connectivity index (χ3n) is 2.12. The van der Waals surface area contributed by atoms with Gasteiger partial charge in [-0.05, 0) is 0 Å². The normalized spacial score (nSPS) is 28.5. The maximum absolute atomic E-state index is 9.34. The van der Waals surface area contributed by atoms with Gasteiger partial charge in [0.1, 0.15) is 23.0 Å². The van der Waals surface area contributed by atoms with Gasteiger partial charge < -0.3 is 17.6 Å². The summed E-state index contributed by atoms with van der Waals surface area (Å²) < 4.78 is 15.2. The third kappa shape index (κ3) is 4.37. The second kappa shape index (κ2) is 6.91. The van der Waals surface area contributed by atoms with Gasteiger partial charge in [0, 0.05) is 26.5 Å². The van der Waals surface area contributed by atoms with Crippen molar-refractivity contribution in [1.82, 2.24) is 5.32 Å². The average Bonchev–Trinajstić information content (AvgIpc) is 2.11. The van der Waals surface area contributed by atoms with Crippen LogP contribution in [-0.4, -0.2) is 44.0 Å². The molecule has 0 aromatic rings. The molecule has 1 aliphatic carbocycles.